The lowest BCUT2D eigenvalue weighted by atomic mass is 10.1. The summed E-state index contributed by atoms with van der Waals surface area (Å²) >= 11 is 0. The maximum Gasteiger partial charge on any atom is 0.148 e. The van der Waals surface area contributed by atoms with Crippen molar-refractivity contribution in [1.82, 2.24) is 5.32 Å². The molecule has 2 rings (SSSR count). The van der Waals surface area contributed by atoms with Gasteiger partial charge in [-0.2, -0.15) is 0 Å². The Balaban J connectivity index is 2.00. The summed E-state index contributed by atoms with van der Waals surface area (Å²) < 4.78 is 13.2. The predicted octanol–water partition coefficient (Wildman–Crippen LogP) is 1.57. The molecule has 0 unspecified atom stereocenters. The molecule has 4 N–H and O–H groups in total. The molecule has 1 aliphatic heterocycles. The van der Waals surface area contributed by atoms with Gasteiger partial charge in [-0.15, -0.1) is 0 Å². The average Bonchev–Trinajstić information content (AvgIpc) is 2.25. The Bertz CT molecular complexity index is 335. The van der Waals surface area contributed by atoms with E-state index in [9.17, 15) is 4.39 Å². The van der Waals surface area contributed by atoms with Gasteiger partial charge in [0.05, 0.1) is 5.69 Å². The molecule has 1 aliphatic rings. The zero-order valence-electron chi connectivity index (χ0n) is 8.59. The highest BCUT2D eigenvalue weighted by Crippen LogP contribution is 2.18. The maximum atomic E-state index is 13.2. The van der Waals surface area contributed by atoms with E-state index in [4.69, 9.17) is 5.73 Å². The molecule has 1 heterocycles. The number of rotatable bonds is 2. The second-order valence-corrected chi connectivity index (χ2v) is 3.90. The molecule has 15 heavy (non-hydrogen) atoms. The van der Waals surface area contributed by atoms with Crippen molar-refractivity contribution >= 4 is 11.4 Å². The van der Waals surface area contributed by atoms with Crippen molar-refractivity contribution in [1.29, 1.82) is 0 Å². The molecule has 0 bridgehead atoms. The monoisotopic (exact) mass is 209 g/mol. The minimum absolute atomic E-state index is 0.200. The van der Waals surface area contributed by atoms with Gasteiger partial charge in [-0.1, -0.05) is 0 Å². The number of anilines is 2. The van der Waals surface area contributed by atoms with E-state index in [0.29, 0.717) is 6.04 Å². The predicted molar refractivity (Wildman–Crippen MR) is 60.3 cm³/mol. The molecular weight excluding hydrogens is 193 g/mol. The molecule has 3 nitrogen and oxygen atoms in total. The van der Waals surface area contributed by atoms with Gasteiger partial charge < -0.3 is 16.4 Å². The van der Waals surface area contributed by atoms with E-state index in [2.05, 4.69) is 10.6 Å². The van der Waals surface area contributed by atoms with Crippen LogP contribution in [0.4, 0.5) is 15.8 Å². The molecule has 82 valence electrons. The van der Waals surface area contributed by atoms with E-state index in [0.717, 1.165) is 31.6 Å². The van der Waals surface area contributed by atoms with Crippen molar-refractivity contribution in [3.05, 3.63) is 24.0 Å². The molecule has 1 saturated heterocycles. The second-order valence-electron chi connectivity index (χ2n) is 3.90. The van der Waals surface area contributed by atoms with E-state index in [-0.39, 0.29) is 11.5 Å². The van der Waals surface area contributed by atoms with Crippen LogP contribution in [0.15, 0.2) is 18.2 Å². The minimum atomic E-state index is -0.353. The average molecular weight is 209 g/mol. The fraction of sp³-hybridized carbons (Fsp3) is 0.455. The standard InChI is InChI=1S/C11H16FN3/c12-10-7-9(1-2-11(10)13)15-8-3-5-14-6-4-8/h1-2,7-8,14-15H,3-6,13H2. The molecule has 0 atom stereocenters. The Hall–Kier alpha value is -1.29. The lowest BCUT2D eigenvalue weighted by Crippen LogP contribution is -2.35. The lowest BCUT2D eigenvalue weighted by molar-refractivity contribution is 0.479. The summed E-state index contributed by atoms with van der Waals surface area (Å²) in [6, 6.07) is 5.31. The van der Waals surface area contributed by atoms with Crippen molar-refractivity contribution in [2.75, 3.05) is 24.1 Å². The summed E-state index contributed by atoms with van der Waals surface area (Å²) in [4.78, 5) is 0. The van der Waals surface area contributed by atoms with Crippen LogP contribution in [-0.4, -0.2) is 19.1 Å². The Morgan fingerprint density at radius 1 is 1.33 bits per heavy atom. The summed E-state index contributed by atoms with van der Waals surface area (Å²) in [5.41, 5.74) is 6.42. The fourth-order valence-electron chi connectivity index (χ4n) is 1.82. The highest BCUT2D eigenvalue weighted by molar-refractivity contribution is 5.52. The number of nitrogen functional groups attached to an aromatic ring is 1. The van der Waals surface area contributed by atoms with Gasteiger partial charge >= 0.3 is 0 Å². The van der Waals surface area contributed by atoms with Crippen LogP contribution in [0.25, 0.3) is 0 Å². The number of benzene rings is 1. The first-order valence-corrected chi connectivity index (χ1v) is 5.28. The number of hydrogen-bond donors (Lipinski definition) is 3. The van der Waals surface area contributed by atoms with Crippen molar-refractivity contribution in [2.24, 2.45) is 0 Å². The highest BCUT2D eigenvalue weighted by atomic mass is 19.1. The summed E-state index contributed by atoms with van der Waals surface area (Å²) in [5.74, 6) is -0.353. The lowest BCUT2D eigenvalue weighted by Gasteiger charge is -2.24. The third-order valence-corrected chi connectivity index (χ3v) is 2.71. The normalized spacial score (nSPS) is 17.7. The van der Waals surface area contributed by atoms with Crippen molar-refractivity contribution < 1.29 is 4.39 Å². The zero-order valence-corrected chi connectivity index (χ0v) is 8.59. The number of halogens is 1. The van der Waals surface area contributed by atoms with E-state index >= 15 is 0 Å². The van der Waals surface area contributed by atoms with Crippen molar-refractivity contribution in [2.45, 2.75) is 18.9 Å². The van der Waals surface area contributed by atoms with Gasteiger partial charge in [0, 0.05) is 11.7 Å². The molecule has 0 aliphatic carbocycles. The Labute approximate surface area is 88.9 Å². The van der Waals surface area contributed by atoms with Crippen LogP contribution in [0.1, 0.15) is 12.8 Å². The van der Waals surface area contributed by atoms with E-state index in [1.54, 1.807) is 6.07 Å². The van der Waals surface area contributed by atoms with Gasteiger partial charge in [0.2, 0.25) is 0 Å². The van der Waals surface area contributed by atoms with E-state index in [1.165, 1.54) is 6.07 Å². The number of nitrogens with one attached hydrogen (secondary N) is 2. The van der Waals surface area contributed by atoms with Gasteiger partial charge in [-0.25, -0.2) is 4.39 Å². The first-order chi connectivity index (χ1) is 7.25. The fourth-order valence-corrected chi connectivity index (χ4v) is 1.82. The van der Waals surface area contributed by atoms with Gasteiger partial charge in [0.25, 0.3) is 0 Å². The van der Waals surface area contributed by atoms with Gasteiger partial charge in [-0.05, 0) is 44.1 Å². The summed E-state index contributed by atoms with van der Waals surface area (Å²) in [5, 5.41) is 6.60. The largest absolute Gasteiger partial charge is 0.396 e. The van der Waals surface area contributed by atoms with Gasteiger partial charge in [0.15, 0.2) is 0 Å². The molecule has 0 radical (unpaired) electrons. The zero-order chi connectivity index (χ0) is 10.7. The van der Waals surface area contributed by atoms with E-state index in [1.807, 2.05) is 6.07 Å². The molecule has 1 aromatic carbocycles. The second kappa shape index (κ2) is 4.49. The van der Waals surface area contributed by atoms with Crippen LogP contribution in [0.3, 0.4) is 0 Å². The Kier molecular flexibility index (Phi) is 3.06. The van der Waals surface area contributed by atoms with E-state index < -0.39 is 0 Å². The third-order valence-electron chi connectivity index (χ3n) is 2.71. The first kappa shape index (κ1) is 10.2. The quantitative estimate of drug-likeness (QED) is 0.648. The van der Waals surface area contributed by atoms with Crippen LogP contribution >= 0.6 is 0 Å². The number of piperidine rings is 1. The number of hydrogen-bond acceptors (Lipinski definition) is 3. The molecule has 0 saturated carbocycles. The summed E-state index contributed by atoms with van der Waals surface area (Å²) in [6.45, 7) is 2.05. The van der Waals surface area contributed by atoms with Gasteiger partial charge in [0.1, 0.15) is 5.82 Å². The number of nitrogens with two attached hydrogens (primary N) is 1. The van der Waals surface area contributed by atoms with Crippen molar-refractivity contribution in [3.63, 3.8) is 0 Å². The molecule has 4 heteroatoms. The Morgan fingerprint density at radius 2 is 2.07 bits per heavy atom. The summed E-state index contributed by atoms with van der Waals surface area (Å²) in [6.07, 6.45) is 2.15. The molecule has 0 aromatic heterocycles. The molecule has 0 spiro atoms. The first-order valence-electron chi connectivity index (χ1n) is 5.28. The molecule has 1 fully saturated rings. The minimum Gasteiger partial charge on any atom is -0.396 e. The molecule has 1 aromatic rings. The Morgan fingerprint density at radius 3 is 2.73 bits per heavy atom. The maximum absolute atomic E-state index is 13.2. The van der Waals surface area contributed by atoms with Crippen molar-refractivity contribution in [3.8, 4) is 0 Å². The third kappa shape index (κ3) is 2.59. The SMILES string of the molecule is Nc1ccc(NC2CCNCC2)cc1F. The van der Waals surface area contributed by atoms with Crippen LogP contribution in [-0.2, 0) is 0 Å². The van der Waals surface area contributed by atoms with Crippen LogP contribution in [0, 0.1) is 5.82 Å². The highest BCUT2D eigenvalue weighted by Gasteiger charge is 2.12. The van der Waals surface area contributed by atoms with Crippen LogP contribution in [0.5, 0.6) is 0 Å². The smallest absolute Gasteiger partial charge is 0.148 e. The molecular formula is C11H16FN3. The van der Waals surface area contributed by atoms with Crippen LogP contribution in [0.2, 0.25) is 0 Å². The summed E-state index contributed by atoms with van der Waals surface area (Å²) in [7, 11) is 0. The van der Waals surface area contributed by atoms with Crippen LogP contribution < -0.4 is 16.4 Å². The van der Waals surface area contributed by atoms with Gasteiger partial charge in [-0.3, -0.25) is 0 Å². The topological polar surface area (TPSA) is 50.1 Å². The molecule has 0 amide bonds.